The molecule has 0 amide bonds. The molecule has 1 aromatic carbocycles. The Morgan fingerprint density at radius 3 is 2.54 bits per heavy atom. The lowest BCUT2D eigenvalue weighted by molar-refractivity contribution is 0.522. The molecular weight excluding hydrogens is 354 g/mol. The number of rotatable bonds is 2. The average Bonchev–Trinajstić information content (AvgIpc) is 3.30. The van der Waals surface area contributed by atoms with E-state index in [2.05, 4.69) is 100 Å². The molecule has 4 aliphatic rings. The SMILES string of the molecule is CC1=CC2=CC3C(=CC2=C1[Si](C)(C)C1C=Cc2ccccc21)N(C)C(C)=C3C. The van der Waals surface area contributed by atoms with Crippen molar-refractivity contribution < 1.29 is 0 Å². The first-order chi connectivity index (χ1) is 13.3. The number of allylic oxidation sites excluding steroid dienone is 9. The molecule has 142 valence electrons. The normalized spacial score (nSPS) is 25.6. The third-order valence-electron chi connectivity index (χ3n) is 7.45. The second kappa shape index (κ2) is 5.84. The number of fused-ring (bicyclic) bond motifs is 3. The van der Waals surface area contributed by atoms with Crippen molar-refractivity contribution in [1.29, 1.82) is 0 Å². The summed E-state index contributed by atoms with van der Waals surface area (Å²) in [7, 11) is 0.467. The van der Waals surface area contributed by atoms with E-state index in [9.17, 15) is 0 Å². The first-order valence-electron chi connectivity index (χ1n) is 10.4. The largest absolute Gasteiger partial charge is 0.351 e. The lowest BCUT2D eigenvalue weighted by Gasteiger charge is -2.34. The molecule has 0 N–H and O–H groups in total. The molecule has 0 saturated heterocycles. The van der Waals surface area contributed by atoms with Crippen molar-refractivity contribution in [2.45, 2.75) is 39.4 Å². The van der Waals surface area contributed by atoms with Crippen molar-refractivity contribution in [3.05, 3.63) is 98.6 Å². The Kier molecular flexibility index (Phi) is 3.70. The Hall–Kier alpha value is -2.32. The molecule has 0 aromatic heterocycles. The summed E-state index contributed by atoms with van der Waals surface area (Å²) in [4.78, 5) is 2.39. The second-order valence-electron chi connectivity index (χ2n) is 9.30. The Balaban J connectivity index is 1.64. The smallest absolute Gasteiger partial charge is 0.0931 e. The van der Waals surface area contributed by atoms with Gasteiger partial charge in [0, 0.05) is 29.9 Å². The van der Waals surface area contributed by atoms with E-state index in [-0.39, 0.29) is 0 Å². The third-order valence-corrected chi connectivity index (χ3v) is 11.5. The molecule has 0 radical (unpaired) electrons. The van der Waals surface area contributed by atoms with Gasteiger partial charge in [0.15, 0.2) is 0 Å². The van der Waals surface area contributed by atoms with Gasteiger partial charge in [0.05, 0.1) is 8.07 Å². The predicted molar refractivity (Wildman–Crippen MR) is 122 cm³/mol. The van der Waals surface area contributed by atoms with Crippen LogP contribution in [0, 0.1) is 5.92 Å². The van der Waals surface area contributed by atoms with Crippen LogP contribution in [0.2, 0.25) is 13.1 Å². The van der Waals surface area contributed by atoms with Gasteiger partial charge < -0.3 is 4.90 Å². The maximum absolute atomic E-state index is 2.56. The molecule has 2 heteroatoms. The molecule has 1 nitrogen and oxygen atoms in total. The lowest BCUT2D eigenvalue weighted by Crippen LogP contribution is -2.37. The van der Waals surface area contributed by atoms with Crippen LogP contribution >= 0.6 is 0 Å². The Morgan fingerprint density at radius 1 is 1.00 bits per heavy atom. The summed E-state index contributed by atoms with van der Waals surface area (Å²) in [5.41, 5.74) is 12.2. The summed E-state index contributed by atoms with van der Waals surface area (Å²) < 4.78 is 0. The van der Waals surface area contributed by atoms with E-state index in [4.69, 9.17) is 0 Å². The molecule has 0 saturated carbocycles. The van der Waals surface area contributed by atoms with Crippen LogP contribution in [-0.2, 0) is 0 Å². The van der Waals surface area contributed by atoms with E-state index >= 15 is 0 Å². The minimum absolute atomic E-state index is 0.448. The molecule has 1 heterocycles. The van der Waals surface area contributed by atoms with Gasteiger partial charge in [-0.05, 0) is 59.9 Å². The molecule has 0 fully saturated rings. The van der Waals surface area contributed by atoms with Crippen LogP contribution in [0.1, 0.15) is 37.4 Å². The first kappa shape index (κ1) is 17.8. The molecule has 1 aliphatic heterocycles. The van der Waals surface area contributed by atoms with Gasteiger partial charge in [0.2, 0.25) is 0 Å². The van der Waals surface area contributed by atoms with Gasteiger partial charge in [-0.3, -0.25) is 0 Å². The maximum Gasteiger partial charge on any atom is 0.0931 e. The van der Waals surface area contributed by atoms with Crippen LogP contribution in [-0.4, -0.2) is 20.0 Å². The topological polar surface area (TPSA) is 3.24 Å². The Bertz CT molecular complexity index is 1090. The summed E-state index contributed by atoms with van der Waals surface area (Å²) in [6.07, 6.45) is 12.3. The van der Waals surface area contributed by atoms with Crippen molar-refractivity contribution in [2.24, 2.45) is 5.92 Å². The summed E-state index contributed by atoms with van der Waals surface area (Å²) in [5.74, 6) is 0.448. The van der Waals surface area contributed by atoms with Crippen LogP contribution in [0.4, 0.5) is 0 Å². The minimum atomic E-state index is -1.75. The Labute approximate surface area is 170 Å². The monoisotopic (exact) mass is 383 g/mol. The van der Waals surface area contributed by atoms with E-state index in [0.29, 0.717) is 11.5 Å². The molecular formula is C26H29NSi. The van der Waals surface area contributed by atoms with E-state index in [0.717, 1.165) is 0 Å². The van der Waals surface area contributed by atoms with Crippen molar-refractivity contribution in [3.63, 3.8) is 0 Å². The zero-order chi connectivity index (χ0) is 19.8. The first-order valence-corrected chi connectivity index (χ1v) is 13.4. The third kappa shape index (κ3) is 2.24. The summed E-state index contributed by atoms with van der Waals surface area (Å²) in [6, 6.07) is 8.95. The number of nitrogens with zero attached hydrogens (tertiary/aromatic N) is 1. The van der Waals surface area contributed by atoms with Crippen molar-refractivity contribution in [3.8, 4) is 0 Å². The van der Waals surface area contributed by atoms with Crippen LogP contribution in [0.3, 0.4) is 0 Å². The number of hydrogen-bond acceptors (Lipinski definition) is 1. The highest BCUT2D eigenvalue weighted by molar-refractivity contribution is 6.87. The predicted octanol–water partition coefficient (Wildman–Crippen LogP) is 6.52. The summed E-state index contributed by atoms with van der Waals surface area (Å²) >= 11 is 0. The second-order valence-corrected chi connectivity index (χ2v) is 13.9. The molecule has 0 bridgehead atoms. The minimum Gasteiger partial charge on any atom is -0.351 e. The van der Waals surface area contributed by atoms with Crippen molar-refractivity contribution >= 4 is 14.1 Å². The zero-order valence-electron chi connectivity index (χ0n) is 17.8. The zero-order valence-corrected chi connectivity index (χ0v) is 18.8. The fourth-order valence-corrected chi connectivity index (χ4v) is 9.69. The van der Waals surface area contributed by atoms with Crippen molar-refractivity contribution in [1.82, 2.24) is 4.90 Å². The highest BCUT2D eigenvalue weighted by atomic mass is 28.3. The molecule has 28 heavy (non-hydrogen) atoms. The van der Waals surface area contributed by atoms with Gasteiger partial charge in [-0.15, -0.1) is 0 Å². The van der Waals surface area contributed by atoms with Gasteiger partial charge in [0.25, 0.3) is 0 Å². The van der Waals surface area contributed by atoms with Gasteiger partial charge in [0.1, 0.15) is 0 Å². The van der Waals surface area contributed by atoms with E-state index < -0.39 is 8.07 Å². The summed E-state index contributed by atoms with van der Waals surface area (Å²) in [6.45, 7) is 12.0. The molecule has 0 spiro atoms. The standard InChI is InChI=1S/C26H29NSi/c1-16-13-20-14-22-17(2)18(3)27(4)24(22)15-23(20)26(16)28(5,6)25-12-11-19-9-7-8-10-21(19)25/h7-15,22,25H,1-6H3. The van der Waals surface area contributed by atoms with Gasteiger partial charge in [-0.2, -0.15) is 0 Å². The molecule has 1 aromatic rings. The van der Waals surface area contributed by atoms with Crippen LogP contribution in [0.15, 0.2) is 87.5 Å². The average molecular weight is 384 g/mol. The van der Waals surface area contributed by atoms with Crippen LogP contribution in [0.25, 0.3) is 6.08 Å². The van der Waals surface area contributed by atoms with Gasteiger partial charge in [-0.25, -0.2) is 0 Å². The van der Waals surface area contributed by atoms with Gasteiger partial charge in [-0.1, -0.05) is 67.2 Å². The summed E-state index contributed by atoms with van der Waals surface area (Å²) in [5, 5.41) is 1.65. The molecule has 2 atom stereocenters. The van der Waals surface area contributed by atoms with Crippen molar-refractivity contribution in [2.75, 3.05) is 7.05 Å². The number of hydrogen-bond donors (Lipinski definition) is 0. The lowest BCUT2D eigenvalue weighted by atomic mass is 9.89. The Morgan fingerprint density at radius 2 is 1.75 bits per heavy atom. The maximum atomic E-state index is 2.56. The molecule has 2 unspecified atom stereocenters. The van der Waals surface area contributed by atoms with E-state index in [1.807, 2.05) is 0 Å². The fraction of sp³-hybridized carbons (Fsp3) is 0.308. The van der Waals surface area contributed by atoms with E-state index in [1.54, 1.807) is 5.20 Å². The quantitative estimate of drug-likeness (QED) is 0.525. The van der Waals surface area contributed by atoms with E-state index in [1.165, 1.54) is 44.8 Å². The van der Waals surface area contributed by atoms with Crippen LogP contribution < -0.4 is 0 Å². The fourth-order valence-electron chi connectivity index (χ4n) is 5.76. The number of benzene rings is 1. The highest BCUT2D eigenvalue weighted by Gasteiger charge is 2.43. The highest BCUT2D eigenvalue weighted by Crippen LogP contribution is 2.50. The van der Waals surface area contributed by atoms with Crippen LogP contribution in [0.5, 0.6) is 0 Å². The molecule has 5 rings (SSSR count). The van der Waals surface area contributed by atoms with Gasteiger partial charge >= 0.3 is 0 Å². The molecule has 3 aliphatic carbocycles.